The zero-order chi connectivity index (χ0) is 6.41. The summed E-state index contributed by atoms with van der Waals surface area (Å²) in [6.07, 6.45) is 0. The maximum Gasteiger partial charge on any atom is 0.180 e. The Hall–Kier alpha value is -0.280. The fourth-order valence-electron chi connectivity index (χ4n) is 0.290. The Balaban J connectivity index is 3.11. The van der Waals surface area contributed by atoms with Crippen LogP contribution >= 0.6 is 12.2 Å². The molecule has 3 heteroatoms. The first-order chi connectivity index (χ1) is 3.81. The van der Waals surface area contributed by atoms with Crippen LogP contribution in [0, 0.1) is 0 Å². The standard InChI is InChI=1S/C5H9NOS/c1-2-6-3-5(7)4-8/h4,6H,2-3H2,1H3. The fourth-order valence-corrected chi connectivity index (χ4v) is 0.373. The van der Waals surface area contributed by atoms with Crippen molar-refractivity contribution in [1.82, 2.24) is 5.32 Å². The first-order valence-corrected chi connectivity index (χ1v) is 2.97. The van der Waals surface area contributed by atoms with E-state index in [1.54, 1.807) is 0 Å². The lowest BCUT2D eigenvalue weighted by Crippen LogP contribution is -2.22. The zero-order valence-electron chi connectivity index (χ0n) is 4.81. The summed E-state index contributed by atoms with van der Waals surface area (Å²) in [4.78, 5) is 10.3. The third kappa shape index (κ3) is 3.89. The molecule has 0 bridgehead atoms. The molecule has 0 rings (SSSR count). The third-order valence-electron chi connectivity index (χ3n) is 0.681. The summed E-state index contributed by atoms with van der Waals surface area (Å²) < 4.78 is 0. The molecule has 0 aromatic rings. The molecule has 0 aromatic heterocycles. The molecule has 0 spiro atoms. The minimum Gasteiger partial charge on any atom is -0.310 e. The number of nitrogens with one attached hydrogen (secondary N) is 1. The van der Waals surface area contributed by atoms with Crippen LogP contribution in [0.4, 0.5) is 0 Å². The van der Waals surface area contributed by atoms with Crippen molar-refractivity contribution in [3.8, 4) is 0 Å². The van der Waals surface area contributed by atoms with Gasteiger partial charge in [0.15, 0.2) is 5.78 Å². The van der Waals surface area contributed by atoms with E-state index in [0.717, 1.165) is 11.9 Å². The zero-order valence-corrected chi connectivity index (χ0v) is 5.62. The Kier molecular flexibility index (Phi) is 4.70. The second-order valence-electron chi connectivity index (χ2n) is 1.36. The molecule has 0 unspecified atom stereocenters. The molecule has 0 aliphatic rings. The van der Waals surface area contributed by atoms with Crippen molar-refractivity contribution in [1.29, 1.82) is 0 Å². The lowest BCUT2D eigenvalue weighted by atomic mass is 10.4. The van der Waals surface area contributed by atoms with E-state index in [1.165, 1.54) is 0 Å². The molecule has 1 N–H and O–H groups in total. The molecule has 0 atom stereocenters. The van der Waals surface area contributed by atoms with Gasteiger partial charge in [0, 0.05) is 5.37 Å². The van der Waals surface area contributed by atoms with E-state index >= 15 is 0 Å². The highest BCUT2D eigenvalue weighted by atomic mass is 32.1. The Labute approximate surface area is 54.3 Å². The van der Waals surface area contributed by atoms with Gasteiger partial charge in [-0.1, -0.05) is 19.1 Å². The monoisotopic (exact) mass is 131 g/mol. The van der Waals surface area contributed by atoms with Gasteiger partial charge in [0.05, 0.1) is 6.54 Å². The van der Waals surface area contributed by atoms with Crippen LogP contribution in [0.1, 0.15) is 6.92 Å². The lowest BCUT2D eigenvalue weighted by molar-refractivity contribution is -0.111. The summed E-state index contributed by atoms with van der Waals surface area (Å²) in [5.41, 5.74) is 0. The molecule has 0 aliphatic carbocycles. The number of carbonyl (C=O) groups excluding carboxylic acids is 1. The van der Waals surface area contributed by atoms with Gasteiger partial charge in [0.2, 0.25) is 0 Å². The molecule has 0 heterocycles. The number of rotatable bonds is 4. The molecule has 0 saturated carbocycles. The normalized spacial score (nSPS) is 8.62. The van der Waals surface area contributed by atoms with Crippen LogP contribution in [0.5, 0.6) is 0 Å². The lowest BCUT2D eigenvalue weighted by Gasteiger charge is -1.92. The molecular formula is C5H9NOS. The van der Waals surface area contributed by atoms with Gasteiger partial charge in [-0.3, -0.25) is 4.79 Å². The van der Waals surface area contributed by atoms with Crippen LogP contribution in [0.2, 0.25) is 0 Å². The van der Waals surface area contributed by atoms with Crippen molar-refractivity contribution in [2.45, 2.75) is 6.92 Å². The predicted octanol–water partition coefficient (Wildman–Crippen LogP) is 0.165. The van der Waals surface area contributed by atoms with Crippen molar-refractivity contribution < 1.29 is 4.79 Å². The van der Waals surface area contributed by atoms with Crippen molar-refractivity contribution >= 4 is 23.4 Å². The van der Waals surface area contributed by atoms with Gasteiger partial charge in [0.25, 0.3) is 0 Å². The second-order valence-corrected chi connectivity index (χ2v) is 1.60. The molecule has 8 heavy (non-hydrogen) atoms. The van der Waals surface area contributed by atoms with E-state index in [0.29, 0.717) is 6.54 Å². The average molecular weight is 131 g/mol. The number of hydrogen-bond donors (Lipinski definition) is 1. The quantitative estimate of drug-likeness (QED) is 0.551. The summed E-state index contributed by atoms with van der Waals surface area (Å²) >= 11 is 4.37. The van der Waals surface area contributed by atoms with Crippen molar-refractivity contribution in [3.63, 3.8) is 0 Å². The van der Waals surface area contributed by atoms with E-state index in [2.05, 4.69) is 17.5 Å². The topological polar surface area (TPSA) is 29.1 Å². The molecule has 0 aliphatic heterocycles. The Bertz CT molecular complexity index is 92.4. The number of hydrogen-bond acceptors (Lipinski definition) is 3. The molecule has 0 saturated heterocycles. The van der Waals surface area contributed by atoms with E-state index in [-0.39, 0.29) is 5.78 Å². The van der Waals surface area contributed by atoms with Crippen molar-refractivity contribution in [2.24, 2.45) is 0 Å². The van der Waals surface area contributed by atoms with Crippen LogP contribution in [-0.4, -0.2) is 24.2 Å². The number of Topliss-reactive ketones (excluding diaryl/α,β-unsaturated/α-hetero) is 1. The summed E-state index contributed by atoms with van der Waals surface area (Å²) in [5, 5.41) is 4.01. The maximum absolute atomic E-state index is 10.3. The highest BCUT2D eigenvalue weighted by Crippen LogP contribution is 1.62. The van der Waals surface area contributed by atoms with Gasteiger partial charge in [-0.2, -0.15) is 0 Å². The minimum atomic E-state index is -0.0261. The van der Waals surface area contributed by atoms with Crippen LogP contribution in [-0.2, 0) is 4.79 Å². The summed E-state index contributed by atoms with van der Waals surface area (Å²) in [5.74, 6) is -0.0261. The van der Waals surface area contributed by atoms with E-state index in [9.17, 15) is 4.79 Å². The molecule has 46 valence electrons. The number of carbonyl (C=O) groups is 1. The highest BCUT2D eigenvalue weighted by Gasteiger charge is 1.90. The van der Waals surface area contributed by atoms with Crippen molar-refractivity contribution in [2.75, 3.05) is 13.1 Å². The van der Waals surface area contributed by atoms with E-state index in [1.807, 2.05) is 6.92 Å². The van der Waals surface area contributed by atoms with Gasteiger partial charge in [-0.15, -0.1) is 0 Å². The first-order valence-electron chi connectivity index (χ1n) is 2.50. The van der Waals surface area contributed by atoms with E-state index < -0.39 is 0 Å². The minimum absolute atomic E-state index is 0.0261. The van der Waals surface area contributed by atoms with Crippen LogP contribution in [0.3, 0.4) is 0 Å². The third-order valence-corrected chi connectivity index (χ3v) is 0.944. The maximum atomic E-state index is 10.3. The van der Waals surface area contributed by atoms with Crippen LogP contribution in [0.15, 0.2) is 0 Å². The molecule has 2 nitrogen and oxygen atoms in total. The molecular weight excluding hydrogens is 122 g/mol. The smallest absolute Gasteiger partial charge is 0.180 e. The molecule has 0 amide bonds. The van der Waals surface area contributed by atoms with Gasteiger partial charge in [0.1, 0.15) is 0 Å². The first kappa shape index (κ1) is 7.72. The van der Waals surface area contributed by atoms with Gasteiger partial charge >= 0.3 is 0 Å². The van der Waals surface area contributed by atoms with E-state index in [4.69, 9.17) is 0 Å². The number of ketones is 1. The summed E-state index contributed by atoms with van der Waals surface area (Å²) in [6.45, 7) is 3.13. The molecule has 0 fully saturated rings. The van der Waals surface area contributed by atoms with Crippen LogP contribution < -0.4 is 5.32 Å². The van der Waals surface area contributed by atoms with Crippen LogP contribution in [0.25, 0.3) is 0 Å². The summed E-state index contributed by atoms with van der Waals surface area (Å²) in [6, 6.07) is 0. The number of thiocarbonyl (C=S) groups is 1. The van der Waals surface area contributed by atoms with Gasteiger partial charge in [-0.05, 0) is 6.54 Å². The Morgan fingerprint density at radius 1 is 1.88 bits per heavy atom. The largest absolute Gasteiger partial charge is 0.310 e. The predicted molar refractivity (Wildman–Crippen MR) is 37.2 cm³/mol. The van der Waals surface area contributed by atoms with Gasteiger partial charge in [-0.25, -0.2) is 0 Å². The Morgan fingerprint density at radius 2 is 2.50 bits per heavy atom. The fraction of sp³-hybridized carbons (Fsp3) is 0.600. The average Bonchev–Trinajstić information content (AvgIpc) is 1.83. The Morgan fingerprint density at radius 3 is 2.88 bits per heavy atom. The highest BCUT2D eigenvalue weighted by molar-refractivity contribution is 7.80. The number of likely N-dealkylation sites (N-methyl/N-ethyl adjacent to an activating group) is 1. The van der Waals surface area contributed by atoms with Crippen molar-refractivity contribution in [3.05, 3.63) is 0 Å². The summed E-state index contributed by atoms with van der Waals surface area (Å²) in [7, 11) is 0. The SMILES string of the molecule is CCNCC(=O)C=S. The molecule has 0 radical (unpaired) electrons. The molecule has 0 aromatic carbocycles. The van der Waals surface area contributed by atoms with Gasteiger partial charge < -0.3 is 5.32 Å². The second kappa shape index (κ2) is 4.87.